The third kappa shape index (κ3) is 3.82. The molecule has 0 heterocycles. The molecule has 0 bridgehead atoms. The van der Waals surface area contributed by atoms with Gasteiger partial charge in [-0.3, -0.25) is 0 Å². The van der Waals surface area contributed by atoms with E-state index in [2.05, 4.69) is 33.9 Å². The molecule has 0 atom stereocenters. The molecule has 0 amide bonds. The van der Waals surface area contributed by atoms with E-state index in [0.29, 0.717) is 0 Å². The van der Waals surface area contributed by atoms with Crippen LogP contribution < -0.4 is 5.32 Å². The van der Waals surface area contributed by atoms with Crippen molar-refractivity contribution in [2.24, 2.45) is 0 Å². The molecule has 0 aliphatic heterocycles. The van der Waals surface area contributed by atoms with Crippen LogP contribution in [0.2, 0.25) is 5.02 Å². The minimum atomic E-state index is 0.779. The maximum Gasteiger partial charge on any atom is 0.0435 e. The third-order valence-corrected chi connectivity index (χ3v) is 2.57. The molecule has 14 heavy (non-hydrogen) atoms. The monoisotopic (exact) mass is 273 g/mol. The lowest BCUT2D eigenvalue weighted by molar-refractivity contribution is 0.756. The Morgan fingerprint density at radius 3 is 2.86 bits per heavy atom. The predicted molar refractivity (Wildman–Crippen MR) is 66.0 cm³/mol. The number of hydrogen-bond acceptors (Lipinski definition) is 1. The Bertz CT molecular complexity index is 336. The number of halogens is 2. The van der Waals surface area contributed by atoms with Crippen LogP contribution in [-0.4, -0.2) is 6.54 Å². The van der Waals surface area contributed by atoms with Crippen molar-refractivity contribution in [2.75, 3.05) is 6.54 Å². The van der Waals surface area contributed by atoms with E-state index in [4.69, 9.17) is 11.6 Å². The van der Waals surface area contributed by atoms with Gasteiger partial charge in [0.05, 0.1) is 0 Å². The van der Waals surface area contributed by atoms with Crippen LogP contribution in [0.4, 0.5) is 0 Å². The third-order valence-electron chi connectivity index (χ3n) is 1.87. The Morgan fingerprint density at radius 1 is 1.57 bits per heavy atom. The molecule has 1 aromatic carbocycles. The van der Waals surface area contributed by atoms with Gasteiger partial charge in [0, 0.05) is 22.6 Å². The Kier molecular flexibility index (Phi) is 4.66. The molecule has 1 rings (SSSR count). The molecule has 1 aromatic rings. The maximum absolute atomic E-state index is 5.92. The summed E-state index contributed by atoms with van der Waals surface area (Å²) >= 11 is 9.22. The fraction of sp³-hybridized carbons (Fsp3) is 0.273. The Balaban J connectivity index is 2.51. The van der Waals surface area contributed by atoms with Crippen LogP contribution in [0, 0.1) is 6.92 Å². The van der Waals surface area contributed by atoms with Crippen molar-refractivity contribution in [3.8, 4) is 0 Å². The zero-order valence-corrected chi connectivity index (χ0v) is 10.5. The van der Waals surface area contributed by atoms with Crippen molar-refractivity contribution in [2.45, 2.75) is 13.5 Å². The van der Waals surface area contributed by atoms with Gasteiger partial charge >= 0.3 is 0 Å². The molecule has 0 radical (unpaired) electrons. The first-order valence-corrected chi connectivity index (χ1v) is 5.55. The van der Waals surface area contributed by atoms with Crippen LogP contribution in [-0.2, 0) is 6.54 Å². The molecule has 0 aliphatic rings. The van der Waals surface area contributed by atoms with Gasteiger partial charge in [-0.25, -0.2) is 0 Å². The molecule has 0 unspecified atom stereocenters. The second kappa shape index (κ2) is 5.54. The topological polar surface area (TPSA) is 12.0 Å². The molecule has 1 nitrogen and oxygen atoms in total. The smallest absolute Gasteiger partial charge is 0.0435 e. The molecule has 0 saturated carbocycles. The van der Waals surface area contributed by atoms with E-state index in [1.165, 1.54) is 5.56 Å². The van der Waals surface area contributed by atoms with Gasteiger partial charge in [0.1, 0.15) is 0 Å². The fourth-order valence-corrected chi connectivity index (χ4v) is 1.48. The average molecular weight is 275 g/mol. The number of rotatable bonds is 4. The van der Waals surface area contributed by atoms with Gasteiger partial charge in [-0.2, -0.15) is 0 Å². The summed E-state index contributed by atoms with van der Waals surface area (Å²) in [5, 5.41) is 4.08. The van der Waals surface area contributed by atoms with Gasteiger partial charge in [-0.15, -0.1) is 0 Å². The molecule has 0 aromatic heterocycles. The van der Waals surface area contributed by atoms with Crippen LogP contribution in [0.25, 0.3) is 0 Å². The molecule has 76 valence electrons. The van der Waals surface area contributed by atoms with Gasteiger partial charge in [0.2, 0.25) is 0 Å². The first kappa shape index (κ1) is 11.8. The lowest BCUT2D eigenvalue weighted by Gasteiger charge is -2.05. The Hall–Kier alpha value is -0.310. The molecule has 0 spiro atoms. The summed E-state index contributed by atoms with van der Waals surface area (Å²) in [4.78, 5) is 0. The summed E-state index contributed by atoms with van der Waals surface area (Å²) < 4.78 is 0.961. The average Bonchev–Trinajstić information content (AvgIpc) is 2.10. The van der Waals surface area contributed by atoms with E-state index >= 15 is 0 Å². The number of hydrogen-bond donors (Lipinski definition) is 1. The van der Waals surface area contributed by atoms with E-state index in [1.807, 2.05) is 19.1 Å². The molecule has 3 heteroatoms. The van der Waals surface area contributed by atoms with Gasteiger partial charge in [0.15, 0.2) is 0 Å². The molecule has 0 aliphatic carbocycles. The predicted octanol–water partition coefficient (Wildman–Crippen LogP) is 3.65. The van der Waals surface area contributed by atoms with Gasteiger partial charge in [-0.05, 0) is 24.1 Å². The fourth-order valence-electron chi connectivity index (χ4n) is 1.16. The van der Waals surface area contributed by atoms with Crippen LogP contribution >= 0.6 is 27.5 Å². The molecular weight excluding hydrogens is 261 g/mol. The summed E-state index contributed by atoms with van der Waals surface area (Å²) in [5.74, 6) is 0. The van der Waals surface area contributed by atoms with E-state index in [-0.39, 0.29) is 0 Å². The normalized spacial score (nSPS) is 10.2. The van der Waals surface area contributed by atoms with Crippen molar-refractivity contribution in [3.05, 3.63) is 45.4 Å². The summed E-state index contributed by atoms with van der Waals surface area (Å²) in [7, 11) is 0. The zero-order valence-electron chi connectivity index (χ0n) is 8.11. The first-order valence-electron chi connectivity index (χ1n) is 4.38. The second-order valence-corrected chi connectivity index (χ2v) is 4.73. The molecule has 1 N–H and O–H groups in total. The van der Waals surface area contributed by atoms with Crippen LogP contribution in [0.5, 0.6) is 0 Å². The standard InChI is InChI=1S/C11H13BrClN/c1-8-5-10(3-4-11(8)13)7-14-6-9(2)12/h3-5,14H,2,6-7H2,1H3. The molecular formula is C11H13BrClN. The van der Waals surface area contributed by atoms with Crippen molar-refractivity contribution in [1.82, 2.24) is 5.32 Å². The molecule has 0 saturated heterocycles. The van der Waals surface area contributed by atoms with Crippen molar-refractivity contribution >= 4 is 27.5 Å². The summed E-state index contributed by atoms with van der Waals surface area (Å²) in [6.07, 6.45) is 0. The lowest BCUT2D eigenvalue weighted by Crippen LogP contribution is -2.14. The Labute approximate surface area is 98.3 Å². The van der Waals surface area contributed by atoms with Crippen molar-refractivity contribution in [1.29, 1.82) is 0 Å². The maximum atomic E-state index is 5.92. The largest absolute Gasteiger partial charge is 0.308 e. The van der Waals surface area contributed by atoms with Crippen molar-refractivity contribution < 1.29 is 0 Å². The lowest BCUT2D eigenvalue weighted by atomic mass is 10.1. The highest BCUT2D eigenvalue weighted by molar-refractivity contribution is 9.11. The van der Waals surface area contributed by atoms with Gasteiger partial charge in [0.25, 0.3) is 0 Å². The SMILES string of the molecule is C=C(Br)CNCc1ccc(Cl)c(C)c1. The van der Waals surface area contributed by atoms with Crippen LogP contribution in [0.15, 0.2) is 29.3 Å². The van der Waals surface area contributed by atoms with Crippen LogP contribution in [0.3, 0.4) is 0 Å². The van der Waals surface area contributed by atoms with Gasteiger partial charge in [-0.1, -0.05) is 46.2 Å². The summed E-state index contributed by atoms with van der Waals surface area (Å²) in [5.41, 5.74) is 2.35. The first-order chi connectivity index (χ1) is 6.59. The highest BCUT2D eigenvalue weighted by Gasteiger charge is 1.97. The summed E-state index contributed by atoms with van der Waals surface area (Å²) in [6, 6.07) is 6.04. The minimum absolute atomic E-state index is 0.779. The zero-order chi connectivity index (χ0) is 10.6. The Morgan fingerprint density at radius 2 is 2.29 bits per heavy atom. The number of benzene rings is 1. The second-order valence-electron chi connectivity index (χ2n) is 3.20. The van der Waals surface area contributed by atoms with E-state index in [1.54, 1.807) is 0 Å². The minimum Gasteiger partial charge on any atom is -0.308 e. The summed E-state index contributed by atoms with van der Waals surface area (Å²) in [6.45, 7) is 7.38. The van der Waals surface area contributed by atoms with E-state index in [0.717, 1.165) is 28.2 Å². The van der Waals surface area contributed by atoms with Crippen molar-refractivity contribution in [3.63, 3.8) is 0 Å². The number of aryl methyl sites for hydroxylation is 1. The molecule has 0 fully saturated rings. The van der Waals surface area contributed by atoms with Crippen LogP contribution in [0.1, 0.15) is 11.1 Å². The highest BCUT2D eigenvalue weighted by Crippen LogP contribution is 2.16. The highest BCUT2D eigenvalue weighted by atomic mass is 79.9. The van der Waals surface area contributed by atoms with E-state index < -0.39 is 0 Å². The van der Waals surface area contributed by atoms with Gasteiger partial charge < -0.3 is 5.32 Å². The van der Waals surface area contributed by atoms with E-state index in [9.17, 15) is 0 Å². The quantitative estimate of drug-likeness (QED) is 0.884. The number of nitrogens with one attached hydrogen (secondary N) is 1.